The number of sulfonamides is 1. The molecule has 4 aromatic rings. The van der Waals surface area contributed by atoms with Crippen molar-refractivity contribution >= 4 is 32.2 Å². The van der Waals surface area contributed by atoms with Crippen molar-refractivity contribution in [3.8, 4) is 17.0 Å². The van der Waals surface area contributed by atoms with Gasteiger partial charge in [-0.25, -0.2) is 18.4 Å². The molecule has 0 saturated carbocycles. The van der Waals surface area contributed by atoms with Gasteiger partial charge in [0.1, 0.15) is 17.6 Å². The first kappa shape index (κ1) is 25.2. The Hall–Kier alpha value is -3.47. The van der Waals surface area contributed by atoms with E-state index in [1.165, 1.54) is 15.6 Å². The lowest BCUT2D eigenvalue weighted by Crippen LogP contribution is -2.30. The van der Waals surface area contributed by atoms with E-state index in [4.69, 9.17) is 19.2 Å². The average molecular weight is 537 g/mol. The monoisotopic (exact) mass is 536 g/mol. The molecule has 0 fully saturated rings. The molecule has 2 aromatic carbocycles. The summed E-state index contributed by atoms with van der Waals surface area (Å²) in [5.74, 6) is 1.61. The zero-order valence-corrected chi connectivity index (χ0v) is 22.5. The second-order valence-electron chi connectivity index (χ2n) is 8.48. The number of ether oxygens (including phenoxy) is 1. The molecular formula is C27H28N4O4S2. The molecule has 0 bridgehead atoms. The average Bonchev–Trinajstić information content (AvgIpc) is 3.70. The van der Waals surface area contributed by atoms with Crippen LogP contribution in [-0.4, -0.2) is 43.6 Å². The highest BCUT2D eigenvalue weighted by molar-refractivity contribution is 7.89. The van der Waals surface area contributed by atoms with Gasteiger partial charge in [-0.05, 0) is 54.1 Å². The number of hydrazone groups is 1. The van der Waals surface area contributed by atoms with Crippen LogP contribution >= 0.6 is 11.3 Å². The third kappa shape index (κ3) is 4.92. The van der Waals surface area contributed by atoms with Crippen molar-refractivity contribution in [2.75, 3.05) is 25.2 Å². The molecule has 10 heteroatoms. The van der Waals surface area contributed by atoms with Gasteiger partial charge in [-0.3, -0.25) is 0 Å². The van der Waals surface area contributed by atoms with E-state index in [9.17, 15) is 8.42 Å². The zero-order chi connectivity index (χ0) is 26.0. The zero-order valence-electron chi connectivity index (χ0n) is 20.9. The number of furan rings is 1. The molecule has 1 aliphatic rings. The van der Waals surface area contributed by atoms with E-state index in [1.807, 2.05) is 60.6 Å². The van der Waals surface area contributed by atoms with Crippen LogP contribution in [0.3, 0.4) is 0 Å². The molecule has 192 valence electrons. The Morgan fingerprint density at radius 3 is 2.38 bits per heavy atom. The van der Waals surface area contributed by atoms with E-state index >= 15 is 0 Å². The summed E-state index contributed by atoms with van der Waals surface area (Å²) in [6, 6.07) is 18.4. The normalized spacial score (nSPS) is 15.8. The van der Waals surface area contributed by atoms with Crippen molar-refractivity contribution in [2.24, 2.45) is 5.10 Å². The molecule has 0 N–H and O–H groups in total. The molecule has 1 atom stereocenters. The van der Waals surface area contributed by atoms with Crippen molar-refractivity contribution in [2.45, 2.75) is 31.2 Å². The molecule has 0 amide bonds. The van der Waals surface area contributed by atoms with Crippen LogP contribution < -0.4 is 9.75 Å². The summed E-state index contributed by atoms with van der Waals surface area (Å²) in [7, 11) is -1.86. The lowest BCUT2D eigenvalue weighted by atomic mass is 10.0. The Balaban J connectivity index is 1.43. The largest absolute Gasteiger partial charge is 0.497 e. The Morgan fingerprint density at radius 2 is 1.76 bits per heavy atom. The number of methoxy groups -OCH3 is 1. The van der Waals surface area contributed by atoms with Crippen molar-refractivity contribution in [3.63, 3.8) is 0 Å². The second kappa shape index (κ2) is 10.5. The second-order valence-corrected chi connectivity index (χ2v) is 11.3. The summed E-state index contributed by atoms with van der Waals surface area (Å²) >= 11 is 1.49. The van der Waals surface area contributed by atoms with Crippen LogP contribution in [0.2, 0.25) is 0 Å². The van der Waals surface area contributed by atoms with Crippen LogP contribution in [0.4, 0.5) is 5.13 Å². The highest BCUT2D eigenvalue weighted by Gasteiger charge is 2.33. The standard InChI is InChI=1S/C27H28N4O4S2/c1-4-30(5-2)37(32,33)22-14-10-20(11-15-22)24-18-36-27(28-24)31-25(26-7-6-16-35-26)17-23(29-31)19-8-12-21(34-3)13-9-19/h6-16,18,25H,4-5,17H2,1-3H3. The van der Waals surface area contributed by atoms with Gasteiger partial charge < -0.3 is 9.15 Å². The van der Waals surface area contributed by atoms with Gasteiger partial charge in [0.05, 0.1) is 29.7 Å². The number of nitrogens with zero attached hydrogens (tertiary/aromatic N) is 4. The molecule has 0 aliphatic carbocycles. The predicted octanol–water partition coefficient (Wildman–Crippen LogP) is 5.80. The lowest BCUT2D eigenvalue weighted by molar-refractivity contribution is 0.415. The first-order valence-electron chi connectivity index (χ1n) is 12.0. The van der Waals surface area contributed by atoms with Crippen LogP contribution in [0.1, 0.15) is 37.6 Å². The summed E-state index contributed by atoms with van der Waals surface area (Å²) in [4.78, 5) is 5.13. The Kier molecular flexibility index (Phi) is 7.14. The Labute approximate surface area is 220 Å². The number of rotatable bonds is 9. The first-order chi connectivity index (χ1) is 17.9. The molecule has 5 rings (SSSR count). The molecule has 1 unspecified atom stereocenters. The van der Waals surface area contributed by atoms with Gasteiger partial charge in [-0.1, -0.05) is 26.0 Å². The third-order valence-electron chi connectivity index (χ3n) is 6.39. The summed E-state index contributed by atoms with van der Waals surface area (Å²) < 4.78 is 38.1. The minimum Gasteiger partial charge on any atom is -0.497 e. The third-order valence-corrected chi connectivity index (χ3v) is 9.28. The van der Waals surface area contributed by atoms with E-state index in [0.29, 0.717) is 19.5 Å². The summed E-state index contributed by atoms with van der Waals surface area (Å²) in [6.07, 6.45) is 2.34. The van der Waals surface area contributed by atoms with Gasteiger partial charge in [0.15, 0.2) is 0 Å². The van der Waals surface area contributed by atoms with Gasteiger partial charge in [0, 0.05) is 30.5 Å². The number of hydrogen-bond donors (Lipinski definition) is 0. The number of benzene rings is 2. The summed E-state index contributed by atoms with van der Waals surface area (Å²) in [5.41, 5.74) is 3.56. The summed E-state index contributed by atoms with van der Waals surface area (Å²) in [5, 5.41) is 9.53. The van der Waals surface area contributed by atoms with Crippen LogP contribution in [0.15, 0.2) is 86.7 Å². The smallest absolute Gasteiger partial charge is 0.243 e. The first-order valence-corrected chi connectivity index (χ1v) is 14.4. The van der Waals surface area contributed by atoms with Crippen molar-refractivity contribution in [1.82, 2.24) is 9.29 Å². The van der Waals surface area contributed by atoms with Gasteiger partial charge in [0.25, 0.3) is 0 Å². The van der Waals surface area contributed by atoms with E-state index in [1.54, 1.807) is 37.6 Å². The Morgan fingerprint density at radius 1 is 1.05 bits per heavy atom. The van der Waals surface area contributed by atoms with Crippen molar-refractivity contribution in [3.05, 3.63) is 83.6 Å². The highest BCUT2D eigenvalue weighted by atomic mass is 32.2. The maximum absolute atomic E-state index is 12.8. The molecule has 2 aromatic heterocycles. The molecule has 0 radical (unpaired) electrons. The van der Waals surface area contributed by atoms with Gasteiger partial charge in [-0.2, -0.15) is 9.41 Å². The Bertz CT molecular complexity index is 1470. The quantitative estimate of drug-likeness (QED) is 0.269. The lowest BCUT2D eigenvalue weighted by Gasteiger charge is -2.18. The summed E-state index contributed by atoms with van der Waals surface area (Å²) in [6.45, 7) is 4.54. The topological polar surface area (TPSA) is 88.2 Å². The predicted molar refractivity (Wildman–Crippen MR) is 146 cm³/mol. The van der Waals surface area contributed by atoms with Gasteiger partial charge in [-0.15, -0.1) is 11.3 Å². The molecular weight excluding hydrogens is 508 g/mol. The van der Waals surface area contributed by atoms with E-state index in [0.717, 1.165) is 39.2 Å². The van der Waals surface area contributed by atoms with Gasteiger partial charge in [0.2, 0.25) is 15.2 Å². The highest BCUT2D eigenvalue weighted by Crippen LogP contribution is 2.39. The van der Waals surface area contributed by atoms with E-state index in [2.05, 4.69) is 0 Å². The molecule has 3 heterocycles. The fourth-order valence-electron chi connectivity index (χ4n) is 4.36. The van der Waals surface area contributed by atoms with Gasteiger partial charge >= 0.3 is 0 Å². The fourth-order valence-corrected chi connectivity index (χ4v) is 6.65. The SMILES string of the molecule is CCN(CC)S(=O)(=O)c1ccc(-c2csc(N3N=C(c4ccc(OC)cc4)CC3c3ccco3)n2)cc1. The minimum atomic E-state index is -3.51. The molecule has 8 nitrogen and oxygen atoms in total. The van der Waals surface area contributed by atoms with E-state index < -0.39 is 10.0 Å². The fraction of sp³-hybridized carbons (Fsp3) is 0.259. The minimum absolute atomic E-state index is 0.118. The molecule has 1 aliphatic heterocycles. The number of thiazole rings is 1. The van der Waals surface area contributed by atoms with Crippen molar-refractivity contribution < 1.29 is 17.6 Å². The van der Waals surface area contributed by atoms with Crippen LogP contribution in [0.5, 0.6) is 5.75 Å². The van der Waals surface area contributed by atoms with Crippen LogP contribution in [0, 0.1) is 0 Å². The maximum Gasteiger partial charge on any atom is 0.243 e. The van der Waals surface area contributed by atoms with Crippen LogP contribution in [0.25, 0.3) is 11.3 Å². The number of anilines is 1. The van der Waals surface area contributed by atoms with Crippen LogP contribution in [-0.2, 0) is 10.0 Å². The van der Waals surface area contributed by atoms with E-state index in [-0.39, 0.29) is 10.9 Å². The van der Waals surface area contributed by atoms with Crippen molar-refractivity contribution in [1.29, 1.82) is 0 Å². The maximum atomic E-state index is 12.8. The molecule has 0 spiro atoms. The number of aromatic nitrogens is 1. The number of hydrogen-bond acceptors (Lipinski definition) is 8. The molecule has 0 saturated heterocycles. The molecule has 37 heavy (non-hydrogen) atoms.